The van der Waals surface area contributed by atoms with Gasteiger partial charge < -0.3 is 10.5 Å². The molecule has 0 bridgehead atoms. The molecule has 1 aliphatic heterocycles. The predicted octanol–water partition coefficient (Wildman–Crippen LogP) is 2.04. The molecule has 1 aliphatic rings. The highest BCUT2D eigenvalue weighted by Crippen LogP contribution is 2.30. The fourth-order valence-corrected chi connectivity index (χ4v) is 2.28. The van der Waals surface area contributed by atoms with E-state index in [-0.39, 0.29) is 6.04 Å². The van der Waals surface area contributed by atoms with Crippen molar-refractivity contribution in [2.45, 2.75) is 12.2 Å². The minimum Gasteiger partial charge on any atom is -0.379 e. The second kappa shape index (κ2) is 5.90. The second-order valence-corrected chi connectivity index (χ2v) is 4.52. The van der Waals surface area contributed by atoms with Crippen molar-refractivity contribution in [3.05, 3.63) is 35.4 Å². The van der Waals surface area contributed by atoms with E-state index in [1.807, 2.05) is 0 Å². The zero-order valence-corrected chi connectivity index (χ0v) is 10.5. The Balaban J connectivity index is 2.14. The number of morpholine rings is 1. The van der Waals surface area contributed by atoms with Crippen molar-refractivity contribution >= 4 is 0 Å². The molecule has 1 aromatic carbocycles. The molecule has 106 valence electrons. The molecule has 0 saturated carbocycles. The molecule has 1 aromatic rings. The number of alkyl halides is 3. The first-order chi connectivity index (χ1) is 9.02. The van der Waals surface area contributed by atoms with E-state index in [0.29, 0.717) is 19.8 Å². The fourth-order valence-electron chi connectivity index (χ4n) is 2.28. The van der Waals surface area contributed by atoms with Crippen LogP contribution in [0, 0.1) is 0 Å². The number of ether oxygens (including phenoxy) is 1. The van der Waals surface area contributed by atoms with Crippen LogP contribution in [0.25, 0.3) is 0 Å². The Kier molecular flexibility index (Phi) is 4.44. The van der Waals surface area contributed by atoms with Crippen molar-refractivity contribution < 1.29 is 17.9 Å². The normalized spacial score (nSPS) is 19.4. The standard InChI is InChI=1S/C13H17F3N2O/c14-13(15,16)11-3-1-10(2-4-11)12(9-17)18-5-7-19-8-6-18/h1-4,12H,5-9,17H2/t12-/m1/s1. The Bertz CT molecular complexity index is 399. The Hall–Kier alpha value is -1.11. The highest BCUT2D eigenvalue weighted by Gasteiger charge is 2.30. The SMILES string of the molecule is NC[C@H](c1ccc(C(F)(F)F)cc1)N1CCOCC1. The largest absolute Gasteiger partial charge is 0.416 e. The highest BCUT2D eigenvalue weighted by atomic mass is 19.4. The Morgan fingerprint density at radius 1 is 1.16 bits per heavy atom. The molecule has 2 N–H and O–H groups in total. The van der Waals surface area contributed by atoms with Gasteiger partial charge in [0.2, 0.25) is 0 Å². The first kappa shape index (κ1) is 14.3. The summed E-state index contributed by atoms with van der Waals surface area (Å²) in [5.74, 6) is 0. The first-order valence-corrected chi connectivity index (χ1v) is 6.21. The van der Waals surface area contributed by atoms with Gasteiger partial charge in [0.05, 0.1) is 18.8 Å². The maximum atomic E-state index is 12.5. The maximum absolute atomic E-state index is 12.5. The molecule has 1 atom stereocenters. The minimum atomic E-state index is -4.30. The van der Waals surface area contributed by atoms with Crippen LogP contribution in [0.4, 0.5) is 13.2 Å². The summed E-state index contributed by atoms with van der Waals surface area (Å²) >= 11 is 0. The zero-order chi connectivity index (χ0) is 13.9. The van der Waals surface area contributed by atoms with E-state index < -0.39 is 11.7 Å². The molecule has 1 heterocycles. The van der Waals surface area contributed by atoms with Crippen LogP contribution in [-0.4, -0.2) is 37.7 Å². The summed E-state index contributed by atoms with van der Waals surface area (Å²) in [6.45, 7) is 3.16. The first-order valence-electron chi connectivity index (χ1n) is 6.21. The van der Waals surface area contributed by atoms with Gasteiger partial charge in [0.15, 0.2) is 0 Å². The molecule has 0 unspecified atom stereocenters. The van der Waals surface area contributed by atoms with Crippen LogP contribution in [0.3, 0.4) is 0 Å². The Morgan fingerprint density at radius 3 is 2.21 bits per heavy atom. The van der Waals surface area contributed by atoms with E-state index in [9.17, 15) is 13.2 Å². The molecule has 0 radical (unpaired) electrons. The van der Waals surface area contributed by atoms with Crippen molar-refractivity contribution in [3.8, 4) is 0 Å². The third-order valence-electron chi connectivity index (χ3n) is 3.33. The number of nitrogens with zero attached hydrogens (tertiary/aromatic N) is 1. The summed E-state index contributed by atoms with van der Waals surface area (Å²) in [5, 5.41) is 0. The van der Waals surface area contributed by atoms with Crippen molar-refractivity contribution in [2.24, 2.45) is 5.73 Å². The average molecular weight is 274 g/mol. The van der Waals surface area contributed by atoms with Gasteiger partial charge in [-0.1, -0.05) is 12.1 Å². The van der Waals surface area contributed by atoms with Crippen molar-refractivity contribution in [1.29, 1.82) is 0 Å². The number of hydrogen-bond donors (Lipinski definition) is 1. The molecule has 19 heavy (non-hydrogen) atoms. The lowest BCUT2D eigenvalue weighted by molar-refractivity contribution is -0.137. The fraction of sp³-hybridized carbons (Fsp3) is 0.538. The molecule has 0 aliphatic carbocycles. The maximum Gasteiger partial charge on any atom is 0.416 e. The lowest BCUT2D eigenvalue weighted by Gasteiger charge is -2.34. The van der Waals surface area contributed by atoms with Gasteiger partial charge in [-0.2, -0.15) is 13.2 Å². The molecule has 1 saturated heterocycles. The molecule has 0 spiro atoms. The molecule has 0 aromatic heterocycles. The highest BCUT2D eigenvalue weighted by molar-refractivity contribution is 5.27. The van der Waals surface area contributed by atoms with E-state index in [1.165, 1.54) is 12.1 Å². The van der Waals surface area contributed by atoms with Crippen LogP contribution in [0.5, 0.6) is 0 Å². The van der Waals surface area contributed by atoms with Gasteiger partial charge in [0.25, 0.3) is 0 Å². The lowest BCUT2D eigenvalue weighted by atomic mass is 10.0. The van der Waals surface area contributed by atoms with Crippen LogP contribution in [0.15, 0.2) is 24.3 Å². The monoisotopic (exact) mass is 274 g/mol. The van der Waals surface area contributed by atoms with Gasteiger partial charge in [0, 0.05) is 25.7 Å². The topological polar surface area (TPSA) is 38.5 Å². The molecule has 1 fully saturated rings. The average Bonchev–Trinajstić information content (AvgIpc) is 2.40. The van der Waals surface area contributed by atoms with Gasteiger partial charge in [-0.05, 0) is 17.7 Å². The van der Waals surface area contributed by atoms with Gasteiger partial charge in [-0.15, -0.1) is 0 Å². The molecule has 3 nitrogen and oxygen atoms in total. The van der Waals surface area contributed by atoms with Crippen LogP contribution in [0.1, 0.15) is 17.2 Å². The number of hydrogen-bond acceptors (Lipinski definition) is 3. The molecule has 6 heteroatoms. The van der Waals surface area contributed by atoms with E-state index >= 15 is 0 Å². The summed E-state index contributed by atoms with van der Waals surface area (Å²) in [6.07, 6.45) is -4.30. The third-order valence-corrected chi connectivity index (χ3v) is 3.33. The van der Waals surface area contributed by atoms with Gasteiger partial charge >= 0.3 is 6.18 Å². The summed E-state index contributed by atoms with van der Waals surface area (Å²) in [4.78, 5) is 2.14. The quantitative estimate of drug-likeness (QED) is 0.916. The van der Waals surface area contributed by atoms with E-state index in [0.717, 1.165) is 30.8 Å². The smallest absolute Gasteiger partial charge is 0.379 e. The van der Waals surface area contributed by atoms with Crippen molar-refractivity contribution in [2.75, 3.05) is 32.8 Å². The Morgan fingerprint density at radius 2 is 1.74 bits per heavy atom. The number of benzene rings is 1. The van der Waals surface area contributed by atoms with Crippen LogP contribution >= 0.6 is 0 Å². The molecule has 2 rings (SSSR count). The van der Waals surface area contributed by atoms with E-state index in [2.05, 4.69) is 4.90 Å². The Labute approximate surface area is 110 Å². The second-order valence-electron chi connectivity index (χ2n) is 4.52. The number of nitrogens with two attached hydrogens (primary N) is 1. The van der Waals surface area contributed by atoms with E-state index in [4.69, 9.17) is 10.5 Å². The summed E-state index contributed by atoms with van der Waals surface area (Å²) in [6, 6.07) is 5.19. The molecule has 0 amide bonds. The zero-order valence-electron chi connectivity index (χ0n) is 10.5. The van der Waals surface area contributed by atoms with Crippen LogP contribution in [0.2, 0.25) is 0 Å². The van der Waals surface area contributed by atoms with Crippen LogP contribution in [-0.2, 0) is 10.9 Å². The summed E-state index contributed by atoms with van der Waals surface area (Å²) in [7, 11) is 0. The lowest BCUT2D eigenvalue weighted by Crippen LogP contribution is -2.41. The third kappa shape index (κ3) is 3.46. The minimum absolute atomic E-state index is 0.0498. The van der Waals surface area contributed by atoms with Crippen molar-refractivity contribution in [3.63, 3.8) is 0 Å². The van der Waals surface area contributed by atoms with Gasteiger partial charge in [-0.3, -0.25) is 4.90 Å². The van der Waals surface area contributed by atoms with Crippen LogP contribution < -0.4 is 5.73 Å². The molecular weight excluding hydrogens is 257 g/mol. The van der Waals surface area contributed by atoms with Crippen molar-refractivity contribution in [1.82, 2.24) is 4.90 Å². The van der Waals surface area contributed by atoms with Gasteiger partial charge in [-0.25, -0.2) is 0 Å². The molecular formula is C13H17F3N2O. The predicted molar refractivity (Wildman–Crippen MR) is 65.6 cm³/mol. The van der Waals surface area contributed by atoms with Gasteiger partial charge in [0.1, 0.15) is 0 Å². The van der Waals surface area contributed by atoms with E-state index in [1.54, 1.807) is 0 Å². The number of rotatable bonds is 3. The summed E-state index contributed by atoms with van der Waals surface area (Å²) in [5.41, 5.74) is 5.94. The summed E-state index contributed by atoms with van der Waals surface area (Å²) < 4.78 is 42.8. The number of halogens is 3.